The summed E-state index contributed by atoms with van der Waals surface area (Å²) in [7, 11) is 2.43. The van der Waals surface area contributed by atoms with Gasteiger partial charge >= 0.3 is 30.2 Å². The van der Waals surface area contributed by atoms with Crippen LogP contribution in [0.15, 0.2) is 48.5 Å². The van der Waals surface area contributed by atoms with Crippen molar-refractivity contribution in [3.05, 3.63) is 59.7 Å². The molecule has 2 aromatic rings. The van der Waals surface area contributed by atoms with Gasteiger partial charge in [-0.25, -0.2) is 19.2 Å². The number of carbonyl (C=O) groups excluding carboxylic acids is 5. The molecule has 14 nitrogen and oxygen atoms in total. The third kappa shape index (κ3) is 12.8. The molecule has 0 aliphatic heterocycles. The highest BCUT2D eigenvalue weighted by molar-refractivity contribution is 5.83. The SMILES string of the molecule is COC(=O)[C@@H](N)CNC(=O)OC(C)(C)C.COC(=O)[C@H](CNC(=O)OC(C)(C)C)NC(=O)OCC1c2ccccc2-c2ccccc21. The summed E-state index contributed by atoms with van der Waals surface area (Å²) in [5.41, 5.74) is 8.53. The van der Waals surface area contributed by atoms with Crippen LogP contribution in [0.3, 0.4) is 0 Å². The molecule has 0 fully saturated rings. The van der Waals surface area contributed by atoms with E-state index in [1.807, 2.05) is 48.5 Å². The number of alkyl carbamates (subject to hydrolysis) is 3. The molecule has 47 heavy (non-hydrogen) atoms. The van der Waals surface area contributed by atoms with Gasteiger partial charge in [-0.2, -0.15) is 0 Å². The Hall–Kier alpha value is -4.85. The number of benzene rings is 2. The van der Waals surface area contributed by atoms with Crippen LogP contribution in [0.5, 0.6) is 0 Å². The predicted molar refractivity (Wildman–Crippen MR) is 172 cm³/mol. The zero-order valence-electron chi connectivity index (χ0n) is 28.1. The molecule has 0 heterocycles. The second-order valence-corrected chi connectivity index (χ2v) is 12.4. The highest BCUT2D eigenvalue weighted by Gasteiger charge is 2.30. The molecule has 0 bridgehead atoms. The van der Waals surface area contributed by atoms with Crippen LogP contribution in [0.25, 0.3) is 11.1 Å². The smallest absolute Gasteiger partial charge is 0.407 e. The van der Waals surface area contributed by atoms with E-state index in [4.69, 9.17) is 24.7 Å². The Bertz CT molecular complexity index is 1350. The summed E-state index contributed by atoms with van der Waals surface area (Å²) in [4.78, 5) is 58.4. The third-order valence-corrected chi connectivity index (χ3v) is 6.34. The Balaban J connectivity index is 0.000000433. The molecular weight excluding hydrogens is 612 g/mol. The lowest BCUT2D eigenvalue weighted by molar-refractivity contribution is -0.143. The Labute approximate surface area is 275 Å². The van der Waals surface area contributed by atoms with Crippen LogP contribution < -0.4 is 21.7 Å². The molecule has 3 amide bonds. The van der Waals surface area contributed by atoms with E-state index in [1.54, 1.807) is 41.5 Å². The highest BCUT2D eigenvalue weighted by Crippen LogP contribution is 2.44. The number of esters is 2. The number of fused-ring (bicyclic) bond motifs is 3. The van der Waals surface area contributed by atoms with Gasteiger partial charge in [0, 0.05) is 12.5 Å². The summed E-state index contributed by atoms with van der Waals surface area (Å²) in [5.74, 6) is -1.40. The van der Waals surface area contributed by atoms with E-state index in [1.165, 1.54) is 14.2 Å². The molecule has 2 atom stereocenters. The van der Waals surface area contributed by atoms with E-state index in [9.17, 15) is 24.0 Å². The second kappa shape index (κ2) is 17.2. The number of amides is 3. The molecule has 0 radical (unpaired) electrons. The van der Waals surface area contributed by atoms with Crippen LogP contribution in [-0.4, -0.2) is 87.4 Å². The van der Waals surface area contributed by atoms with Gasteiger partial charge in [-0.05, 0) is 63.8 Å². The number of rotatable bonds is 9. The standard InChI is InChI=1S/C24H28N2O6.C9H18N2O4/c1-24(2,3)32-22(28)25-13-20(21(27)30-4)26-23(29)31-14-19-17-11-7-5-9-15(17)16-10-6-8-12-18(16)19;1-9(2,3)15-8(13)11-5-6(10)7(12)14-4/h5-12,19-20H,13-14H2,1-4H3,(H,25,28)(H,26,29);6H,5,10H2,1-4H3,(H,11,13)/t20-;6-/m00/s1. The van der Waals surface area contributed by atoms with Gasteiger partial charge in [0.15, 0.2) is 0 Å². The minimum Gasteiger partial charge on any atom is -0.468 e. The topological polar surface area (TPSA) is 194 Å². The Morgan fingerprint density at radius 2 is 1.15 bits per heavy atom. The first-order chi connectivity index (χ1) is 22.0. The Morgan fingerprint density at radius 3 is 1.60 bits per heavy atom. The highest BCUT2D eigenvalue weighted by atomic mass is 16.6. The molecule has 1 aliphatic rings. The number of carbonyl (C=O) groups is 5. The van der Waals surface area contributed by atoms with Crippen molar-refractivity contribution < 1.29 is 47.7 Å². The summed E-state index contributed by atoms with van der Waals surface area (Å²) in [6.07, 6.45) is -2.10. The maximum Gasteiger partial charge on any atom is 0.407 e. The summed E-state index contributed by atoms with van der Waals surface area (Å²) in [6.45, 7) is 10.3. The average Bonchev–Trinajstić information content (AvgIpc) is 3.32. The van der Waals surface area contributed by atoms with E-state index in [0.29, 0.717) is 0 Å². The fraction of sp³-hybridized carbons (Fsp3) is 0.485. The van der Waals surface area contributed by atoms with Gasteiger partial charge in [-0.1, -0.05) is 48.5 Å². The normalized spacial score (nSPS) is 13.2. The average molecular weight is 659 g/mol. The number of methoxy groups -OCH3 is 2. The molecule has 14 heteroatoms. The monoisotopic (exact) mass is 658 g/mol. The van der Waals surface area contributed by atoms with Crippen LogP contribution in [0.1, 0.15) is 58.6 Å². The van der Waals surface area contributed by atoms with E-state index in [-0.39, 0.29) is 25.6 Å². The lowest BCUT2D eigenvalue weighted by Crippen LogP contribution is -2.49. The predicted octanol–water partition coefficient (Wildman–Crippen LogP) is 3.60. The Morgan fingerprint density at radius 1 is 0.702 bits per heavy atom. The van der Waals surface area contributed by atoms with Gasteiger partial charge in [-0.15, -0.1) is 0 Å². The van der Waals surface area contributed by atoms with Gasteiger partial charge in [-0.3, -0.25) is 4.79 Å². The molecule has 5 N–H and O–H groups in total. The molecule has 0 saturated carbocycles. The molecule has 3 rings (SSSR count). The van der Waals surface area contributed by atoms with Crippen molar-refractivity contribution in [1.29, 1.82) is 0 Å². The minimum atomic E-state index is -1.12. The molecule has 0 spiro atoms. The number of nitrogens with one attached hydrogen (secondary N) is 3. The number of ether oxygens (including phenoxy) is 5. The molecule has 0 saturated heterocycles. The second-order valence-electron chi connectivity index (χ2n) is 12.4. The number of hydrogen-bond donors (Lipinski definition) is 4. The minimum absolute atomic E-state index is 0.0123. The van der Waals surface area contributed by atoms with Crippen molar-refractivity contribution in [2.24, 2.45) is 5.73 Å². The summed E-state index contributed by atoms with van der Waals surface area (Å²) in [6, 6.07) is 14.0. The van der Waals surface area contributed by atoms with Gasteiger partial charge in [0.1, 0.15) is 29.9 Å². The van der Waals surface area contributed by atoms with Crippen molar-refractivity contribution in [3.63, 3.8) is 0 Å². The molecule has 258 valence electrons. The van der Waals surface area contributed by atoms with Crippen LogP contribution in [0.4, 0.5) is 14.4 Å². The molecule has 2 aromatic carbocycles. The van der Waals surface area contributed by atoms with Gasteiger partial charge in [0.05, 0.1) is 20.8 Å². The quantitative estimate of drug-likeness (QED) is 0.227. The lowest BCUT2D eigenvalue weighted by atomic mass is 9.98. The van der Waals surface area contributed by atoms with Crippen molar-refractivity contribution in [2.75, 3.05) is 33.9 Å². The van der Waals surface area contributed by atoms with Gasteiger partial charge in [0.2, 0.25) is 0 Å². The van der Waals surface area contributed by atoms with Crippen LogP contribution in [0.2, 0.25) is 0 Å². The first kappa shape index (κ1) is 38.3. The maximum atomic E-state index is 12.4. The van der Waals surface area contributed by atoms with Crippen LogP contribution in [-0.2, 0) is 33.3 Å². The first-order valence-electron chi connectivity index (χ1n) is 14.9. The Kier molecular flexibility index (Phi) is 14.0. The number of hydrogen-bond acceptors (Lipinski definition) is 11. The molecule has 0 aromatic heterocycles. The first-order valence-corrected chi connectivity index (χ1v) is 14.9. The van der Waals surface area contributed by atoms with E-state index in [0.717, 1.165) is 22.3 Å². The molecular formula is C33H46N4O10. The zero-order valence-corrected chi connectivity index (χ0v) is 28.1. The maximum absolute atomic E-state index is 12.4. The van der Waals surface area contributed by atoms with Crippen molar-refractivity contribution in [3.8, 4) is 11.1 Å². The molecule has 1 aliphatic carbocycles. The largest absolute Gasteiger partial charge is 0.468 e. The molecule has 0 unspecified atom stereocenters. The van der Waals surface area contributed by atoms with Crippen molar-refractivity contribution in [2.45, 2.75) is 70.7 Å². The van der Waals surface area contributed by atoms with Gasteiger partial charge in [0.25, 0.3) is 0 Å². The summed E-state index contributed by atoms with van der Waals surface area (Å²) in [5, 5.41) is 7.27. The summed E-state index contributed by atoms with van der Waals surface area (Å²) < 4.78 is 24.6. The van der Waals surface area contributed by atoms with Gasteiger partial charge < -0.3 is 45.4 Å². The van der Waals surface area contributed by atoms with Crippen molar-refractivity contribution in [1.82, 2.24) is 16.0 Å². The number of nitrogens with two attached hydrogens (primary N) is 1. The fourth-order valence-electron chi connectivity index (χ4n) is 4.36. The third-order valence-electron chi connectivity index (χ3n) is 6.34. The van der Waals surface area contributed by atoms with E-state index >= 15 is 0 Å². The van der Waals surface area contributed by atoms with Crippen LogP contribution in [0, 0.1) is 0 Å². The summed E-state index contributed by atoms with van der Waals surface area (Å²) >= 11 is 0. The fourth-order valence-corrected chi connectivity index (χ4v) is 4.36. The van der Waals surface area contributed by atoms with Crippen molar-refractivity contribution >= 4 is 30.2 Å². The zero-order chi connectivity index (χ0) is 35.4. The van der Waals surface area contributed by atoms with E-state index < -0.39 is 53.5 Å². The van der Waals surface area contributed by atoms with Crippen LogP contribution >= 0.6 is 0 Å². The van der Waals surface area contributed by atoms with E-state index in [2.05, 4.69) is 20.7 Å². The lowest BCUT2D eigenvalue weighted by Gasteiger charge is -2.22.